The third kappa shape index (κ3) is 4.98. The predicted molar refractivity (Wildman–Crippen MR) is 200 cm³/mol. The van der Waals surface area contributed by atoms with Crippen LogP contribution in [0.4, 0.5) is 11.4 Å². The van der Waals surface area contributed by atoms with Crippen LogP contribution < -0.4 is 11.1 Å². The fourth-order valence-electron chi connectivity index (χ4n) is 7.60. The Kier molecular flexibility index (Phi) is 6.95. The summed E-state index contributed by atoms with van der Waals surface area (Å²) in [6.45, 7) is 10.6. The molecule has 4 aromatic carbocycles. The summed E-state index contributed by atoms with van der Waals surface area (Å²) in [6.07, 6.45) is 18.6. The number of aryl methyl sites for hydroxylation is 3. The number of rotatable bonds is 6. The number of hydrogen-bond acceptors (Lipinski definition) is 2. The average molecular weight is 607 g/mol. The van der Waals surface area contributed by atoms with E-state index < -0.39 is 0 Å². The van der Waals surface area contributed by atoms with Gasteiger partial charge in [-0.25, -0.2) is 0 Å². The van der Waals surface area contributed by atoms with Crippen molar-refractivity contribution in [3.8, 4) is 22.3 Å². The summed E-state index contributed by atoms with van der Waals surface area (Å²) in [6, 6.07) is 28.8. The van der Waals surface area contributed by atoms with E-state index in [1.165, 1.54) is 77.9 Å². The van der Waals surface area contributed by atoms with Crippen LogP contribution in [-0.2, 0) is 0 Å². The zero-order valence-electron chi connectivity index (χ0n) is 27.2. The van der Waals surface area contributed by atoms with Gasteiger partial charge in [0.1, 0.15) is 0 Å². The molecule has 0 amide bonds. The van der Waals surface area contributed by atoms with E-state index >= 15 is 0 Å². The highest BCUT2D eigenvalue weighted by molar-refractivity contribution is 5.89. The van der Waals surface area contributed by atoms with Gasteiger partial charge in [0.05, 0.1) is 0 Å². The summed E-state index contributed by atoms with van der Waals surface area (Å²) in [4.78, 5) is 0. The summed E-state index contributed by atoms with van der Waals surface area (Å²) in [5.41, 5.74) is 28.4. The second kappa shape index (κ2) is 11.3. The molecule has 3 N–H and O–H groups in total. The van der Waals surface area contributed by atoms with E-state index in [1.807, 2.05) is 6.08 Å². The van der Waals surface area contributed by atoms with Gasteiger partial charge in [0, 0.05) is 28.6 Å². The first-order valence-corrected chi connectivity index (χ1v) is 16.4. The maximum absolute atomic E-state index is 6.44. The first-order chi connectivity index (χ1) is 22.9. The van der Waals surface area contributed by atoms with Crippen LogP contribution in [0.2, 0.25) is 0 Å². The van der Waals surface area contributed by atoms with E-state index in [1.54, 1.807) is 0 Å². The zero-order chi connectivity index (χ0) is 32.2. The van der Waals surface area contributed by atoms with Crippen LogP contribution in [0.5, 0.6) is 0 Å². The van der Waals surface area contributed by atoms with Gasteiger partial charge in [0.25, 0.3) is 0 Å². The maximum atomic E-state index is 6.44. The fraction of sp³-hybridized carbons (Fsp3) is 0.111. The van der Waals surface area contributed by atoms with E-state index in [2.05, 4.69) is 154 Å². The topological polar surface area (TPSA) is 38.0 Å². The molecule has 0 heterocycles. The molecule has 4 aromatic rings. The molecule has 47 heavy (non-hydrogen) atoms. The molecule has 228 valence electrons. The second-order valence-corrected chi connectivity index (χ2v) is 13.1. The first-order valence-electron chi connectivity index (χ1n) is 16.4. The molecule has 0 saturated heterocycles. The number of nitrogens with one attached hydrogen (secondary N) is 1. The molecule has 2 heteroatoms. The van der Waals surface area contributed by atoms with Crippen LogP contribution in [0.1, 0.15) is 34.2 Å². The average Bonchev–Trinajstić information content (AvgIpc) is 3.08. The lowest BCUT2D eigenvalue weighted by atomic mass is 9.66. The number of nitrogens with two attached hydrogens (primary N) is 1. The van der Waals surface area contributed by atoms with E-state index in [0.29, 0.717) is 0 Å². The standard InChI is InChI=1S/C45H38N2/c1-5-30-9-10-34(33-8-6-7-27(2)23-33)26-41(30)37-20-16-36(25-28(37)3)47-43-22-15-35(24-29(43)4)38-17-11-31-13-19-40-42(46)21-14-32-12-18-39(38)44(31)45(32)40/h5-13,15-26,44,47H,1,14,46H2,2-4H3. The quantitative estimate of drug-likeness (QED) is 0.229. The van der Waals surface area contributed by atoms with Crippen molar-refractivity contribution in [2.45, 2.75) is 27.2 Å². The molecule has 0 fully saturated rings. The van der Waals surface area contributed by atoms with Gasteiger partial charge in [-0.05, 0) is 130 Å². The molecule has 4 aliphatic rings. The van der Waals surface area contributed by atoms with Crippen LogP contribution in [-0.4, -0.2) is 0 Å². The molecule has 1 atom stereocenters. The molecule has 2 nitrogen and oxygen atoms in total. The Hall–Kier alpha value is -5.60. The smallest absolute Gasteiger partial charge is 0.0414 e. The monoisotopic (exact) mass is 606 g/mol. The molecule has 0 bridgehead atoms. The highest BCUT2D eigenvalue weighted by atomic mass is 14.9. The summed E-state index contributed by atoms with van der Waals surface area (Å²) in [5.74, 6) is 0.251. The van der Waals surface area contributed by atoms with Crippen molar-refractivity contribution in [3.05, 3.63) is 189 Å². The van der Waals surface area contributed by atoms with Gasteiger partial charge in [-0.15, -0.1) is 0 Å². The van der Waals surface area contributed by atoms with Crippen molar-refractivity contribution >= 4 is 23.0 Å². The lowest BCUT2D eigenvalue weighted by molar-refractivity contribution is 0.828. The maximum Gasteiger partial charge on any atom is 0.0414 e. The predicted octanol–water partition coefficient (Wildman–Crippen LogP) is 11.3. The fourth-order valence-corrected chi connectivity index (χ4v) is 7.60. The Balaban J connectivity index is 1.07. The van der Waals surface area contributed by atoms with Crippen molar-refractivity contribution in [2.24, 2.45) is 11.7 Å². The highest BCUT2D eigenvalue weighted by Crippen LogP contribution is 2.51. The van der Waals surface area contributed by atoms with Gasteiger partial charge in [0.15, 0.2) is 0 Å². The van der Waals surface area contributed by atoms with Crippen LogP contribution in [0.15, 0.2) is 162 Å². The number of allylic oxidation sites excluding steroid dienone is 12. The Morgan fingerprint density at radius 2 is 1.62 bits per heavy atom. The van der Waals surface area contributed by atoms with E-state index in [0.717, 1.165) is 29.1 Å². The zero-order valence-corrected chi connectivity index (χ0v) is 27.2. The van der Waals surface area contributed by atoms with Crippen molar-refractivity contribution in [3.63, 3.8) is 0 Å². The first kappa shape index (κ1) is 28.8. The molecular formula is C45H38N2. The minimum Gasteiger partial charge on any atom is -0.398 e. The van der Waals surface area contributed by atoms with Gasteiger partial charge in [-0.3, -0.25) is 0 Å². The third-order valence-electron chi connectivity index (χ3n) is 10.0. The summed E-state index contributed by atoms with van der Waals surface area (Å²) in [5, 5.41) is 3.70. The van der Waals surface area contributed by atoms with Crippen LogP contribution >= 0.6 is 0 Å². The van der Waals surface area contributed by atoms with Gasteiger partial charge < -0.3 is 11.1 Å². The normalized spacial score (nSPS) is 17.6. The van der Waals surface area contributed by atoms with Crippen LogP contribution in [0.3, 0.4) is 0 Å². The number of anilines is 2. The van der Waals surface area contributed by atoms with Crippen molar-refractivity contribution in [1.29, 1.82) is 0 Å². The van der Waals surface area contributed by atoms with Crippen molar-refractivity contribution in [1.82, 2.24) is 0 Å². The molecule has 0 radical (unpaired) electrons. The van der Waals surface area contributed by atoms with Crippen molar-refractivity contribution < 1.29 is 0 Å². The highest BCUT2D eigenvalue weighted by Gasteiger charge is 2.36. The summed E-state index contributed by atoms with van der Waals surface area (Å²) >= 11 is 0. The Morgan fingerprint density at radius 3 is 2.43 bits per heavy atom. The Labute approximate surface area is 278 Å². The van der Waals surface area contributed by atoms with Crippen molar-refractivity contribution in [2.75, 3.05) is 5.32 Å². The Bertz CT molecular complexity index is 2240. The molecule has 0 aromatic heterocycles. The van der Waals surface area contributed by atoms with Crippen LogP contribution in [0, 0.1) is 26.7 Å². The van der Waals surface area contributed by atoms with E-state index in [4.69, 9.17) is 5.73 Å². The van der Waals surface area contributed by atoms with Gasteiger partial charge in [-0.1, -0.05) is 109 Å². The molecule has 1 unspecified atom stereocenters. The molecular weight excluding hydrogens is 569 g/mol. The largest absolute Gasteiger partial charge is 0.398 e. The molecule has 4 aliphatic carbocycles. The summed E-state index contributed by atoms with van der Waals surface area (Å²) < 4.78 is 0. The Morgan fingerprint density at radius 1 is 0.766 bits per heavy atom. The van der Waals surface area contributed by atoms with E-state index in [-0.39, 0.29) is 5.92 Å². The lowest BCUT2D eigenvalue weighted by Gasteiger charge is -2.38. The van der Waals surface area contributed by atoms with E-state index in [9.17, 15) is 0 Å². The minimum atomic E-state index is 0.251. The second-order valence-electron chi connectivity index (χ2n) is 13.1. The molecule has 0 saturated carbocycles. The SMILES string of the molecule is C=Cc1ccc(-c2cccc(C)c2)cc1-c1ccc(Nc2ccc(C3=CC=C4C=CC5=C6C(=CC=C3C46)CC=C5N)cc2C)cc1C. The molecule has 0 spiro atoms. The third-order valence-corrected chi connectivity index (χ3v) is 10.0. The number of benzene rings is 4. The molecule has 8 rings (SSSR count). The minimum absolute atomic E-state index is 0.251. The van der Waals surface area contributed by atoms with Crippen LogP contribution in [0.25, 0.3) is 33.9 Å². The molecule has 0 aliphatic heterocycles. The lowest BCUT2D eigenvalue weighted by Crippen LogP contribution is -2.25. The van der Waals surface area contributed by atoms with Gasteiger partial charge >= 0.3 is 0 Å². The summed E-state index contributed by atoms with van der Waals surface area (Å²) in [7, 11) is 0. The van der Waals surface area contributed by atoms with Gasteiger partial charge in [-0.2, -0.15) is 0 Å². The number of hydrogen-bond donors (Lipinski definition) is 2. The van der Waals surface area contributed by atoms with Gasteiger partial charge in [0.2, 0.25) is 0 Å².